The Morgan fingerprint density at radius 2 is 2.05 bits per heavy atom. The number of amides is 1. The van der Waals surface area contributed by atoms with E-state index >= 15 is 0 Å². The standard InChI is InChI=1S/C18H28N2O2/c1-13(2)12-22-17-8-6-5-7-16(17)18(21)20(14(3)4)15-9-10-19-11-15/h5-8,13-15,19H,9-12H2,1-4H3. The van der Waals surface area contributed by atoms with Crippen LogP contribution in [0.1, 0.15) is 44.5 Å². The summed E-state index contributed by atoms with van der Waals surface area (Å²) in [6, 6.07) is 8.03. The summed E-state index contributed by atoms with van der Waals surface area (Å²) in [5.41, 5.74) is 0.670. The van der Waals surface area contributed by atoms with E-state index in [1.165, 1.54) is 0 Å². The number of para-hydroxylation sites is 1. The molecule has 1 unspecified atom stereocenters. The molecule has 1 amide bonds. The first-order valence-electron chi connectivity index (χ1n) is 8.26. The lowest BCUT2D eigenvalue weighted by molar-refractivity contribution is 0.0621. The zero-order valence-electron chi connectivity index (χ0n) is 14.1. The molecule has 1 aromatic rings. The van der Waals surface area contributed by atoms with Crippen LogP contribution in [0.3, 0.4) is 0 Å². The van der Waals surface area contributed by atoms with E-state index in [-0.39, 0.29) is 18.0 Å². The number of hydrogen-bond donors (Lipinski definition) is 1. The second-order valence-corrected chi connectivity index (χ2v) is 6.65. The maximum Gasteiger partial charge on any atom is 0.258 e. The summed E-state index contributed by atoms with van der Waals surface area (Å²) >= 11 is 0. The Hall–Kier alpha value is -1.55. The predicted molar refractivity (Wildman–Crippen MR) is 89.4 cm³/mol. The molecule has 0 bridgehead atoms. The first-order valence-corrected chi connectivity index (χ1v) is 8.26. The molecule has 1 saturated heterocycles. The van der Waals surface area contributed by atoms with E-state index in [4.69, 9.17) is 4.74 Å². The van der Waals surface area contributed by atoms with Crippen molar-refractivity contribution in [2.75, 3.05) is 19.7 Å². The zero-order valence-corrected chi connectivity index (χ0v) is 14.1. The summed E-state index contributed by atoms with van der Waals surface area (Å²) < 4.78 is 5.85. The number of rotatable bonds is 6. The van der Waals surface area contributed by atoms with Crippen molar-refractivity contribution >= 4 is 5.91 Å². The van der Waals surface area contributed by atoms with Gasteiger partial charge in [0, 0.05) is 18.6 Å². The van der Waals surface area contributed by atoms with Gasteiger partial charge < -0.3 is 15.0 Å². The number of benzene rings is 1. The quantitative estimate of drug-likeness (QED) is 0.878. The lowest BCUT2D eigenvalue weighted by Gasteiger charge is -2.33. The van der Waals surface area contributed by atoms with Crippen LogP contribution < -0.4 is 10.1 Å². The molecule has 1 aliphatic heterocycles. The van der Waals surface area contributed by atoms with E-state index in [1.54, 1.807) is 0 Å². The van der Waals surface area contributed by atoms with Gasteiger partial charge in [0.1, 0.15) is 5.75 Å². The lowest BCUT2D eigenvalue weighted by atomic mass is 10.1. The van der Waals surface area contributed by atoms with Crippen molar-refractivity contribution < 1.29 is 9.53 Å². The third-order valence-electron chi connectivity index (χ3n) is 3.91. The molecule has 0 spiro atoms. The minimum Gasteiger partial charge on any atom is -0.492 e. The van der Waals surface area contributed by atoms with Crippen molar-refractivity contribution in [3.8, 4) is 5.75 Å². The molecule has 2 rings (SSSR count). The normalized spacial score (nSPS) is 18.0. The topological polar surface area (TPSA) is 41.6 Å². The summed E-state index contributed by atoms with van der Waals surface area (Å²) in [6.07, 6.45) is 1.01. The molecule has 1 heterocycles. The van der Waals surface area contributed by atoms with Crippen molar-refractivity contribution in [2.24, 2.45) is 5.92 Å². The zero-order chi connectivity index (χ0) is 16.1. The Morgan fingerprint density at radius 1 is 1.32 bits per heavy atom. The molecule has 1 aliphatic rings. The highest BCUT2D eigenvalue weighted by molar-refractivity contribution is 5.97. The van der Waals surface area contributed by atoms with Crippen molar-refractivity contribution in [1.82, 2.24) is 10.2 Å². The van der Waals surface area contributed by atoms with E-state index in [0.29, 0.717) is 23.8 Å². The van der Waals surface area contributed by atoms with E-state index < -0.39 is 0 Å². The van der Waals surface area contributed by atoms with Gasteiger partial charge in [-0.05, 0) is 44.9 Å². The van der Waals surface area contributed by atoms with Crippen LogP contribution >= 0.6 is 0 Å². The molecule has 0 aromatic heterocycles. The van der Waals surface area contributed by atoms with Crippen LogP contribution in [0.25, 0.3) is 0 Å². The fourth-order valence-corrected chi connectivity index (χ4v) is 2.86. The second kappa shape index (κ2) is 7.63. The van der Waals surface area contributed by atoms with Gasteiger partial charge in [-0.3, -0.25) is 4.79 Å². The highest BCUT2D eigenvalue weighted by atomic mass is 16.5. The van der Waals surface area contributed by atoms with Gasteiger partial charge >= 0.3 is 0 Å². The van der Waals surface area contributed by atoms with Crippen molar-refractivity contribution in [2.45, 2.75) is 46.2 Å². The molecule has 0 aliphatic carbocycles. The predicted octanol–water partition coefficient (Wildman–Crippen LogP) is 2.93. The van der Waals surface area contributed by atoms with E-state index in [9.17, 15) is 4.79 Å². The Kier molecular flexibility index (Phi) is 5.83. The average Bonchev–Trinajstić information content (AvgIpc) is 2.99. The van der Waals surface area contributed by atoms with Gasteiger partial charge in [0.25, 0.3) is 5.91 Å². The highest BCUT2D eigenvalue weighted by Crippen LogP contribution is 2.24. The summed E-state index contributed by atoms with van der Waals surface area (Å²) in [5.74, 6) is 1.20. The lowest BCUT2D eigenvalue weighted by Crippen LogP contribution is -2.46. The third kappa shape index (κ3) is 4.01. The maximum absolute atomic E-state index is 13.1. The summed E-state index contributed by atoms with van der Waals surface area (Å²) in [5, 5.41) is 3.34. The molecule has 22 heavy (non-hydrogen) atoms. The maximum atomic E-state index is 13.1. The van der Waals surface area contributed by atoms with Gasteiger partial charge in [0.2, 0.25) is 0 Å². The van der Waals surface area contributed by atoms with Gasteiger partial charge in [-0.15, -0.1) is 0 Å². The first-order chi connectivity index (χ1) is 10.5. The number of nitrogens with zero attached hydrogens (tertiary/aromatic N) is 1. The number of nitrogens with one attached hydrogen (secondary N) is 1. The minimum atomic E-state index is 0.0723. The molecular weight excluding hydrogens is 276 g/mol. The van der Waals surface area contributed by atoms with Gasteiger partial charge in [-0.2, -0.15) is 0 Å². The Bertz CT molecular complexity index is 494. The molecule has 0 saturated carbocycles. The third-order valence-corrected chi connectivity index (χ3v) is 3.91. The molecule has 1 N–H and O–H groups in total. The van der Waals surface area contributed by atoms with Gasteiger partial charge in [0.05, 0.1) is 12.2 Å². The fourth-order valence-electron chi connectivity index (χ4n) is 2.86. The summed E-state index contributed by atoms with van der Waals surface area (Å²) in [7, 11) is 0. The van der Waals surface area contributed by atoms with Gasteiger partial charge in [-0.1, -0.05) is 26.0 Å². The number of hydrogen-bond acceptors (Lipinski definition) is 3. The summed E-state index contributed by atoms with van der Waals surface area (Å²) in [4.78, 5) is 15.1. The monoisotopic (exact) mass is 304 g/mol. The molecule has 4 nitrogen and oxygen atoms in total. The van der Waals surface area contributed by atoms with Gasteiger partial charge in [-0.25, -0.2) is 0 Å². The number of carbonyl (C=O) groups is 1. The van der Waals surface area contributed by atoms with Crippen LogP contribution in [-0.2, 0) is 0 Å². The smallest absolute Gasteiger partial charge is 0.258 e. The Balaban J connectivity index is 2.22. The molecule has 1 aromatic carbocycles. The minimum absolute atomic E-state index is 0.0723. The largest absolute Gasteiger partial charge is 0.492 e. The van der Waals surface area contributed by atoms with Crippen LogP contribution in [0.2, 0.25) is 0 Å². The molecule has 122 valence electrons. The van der Waals surface area contributed by atoms with Crippen molar-refractivity contribution in [1.29, 1.82) is 0 Å². The molecule has 0 radical (unpaired) electrons. The Morgan fingerprint density at radius 3 is 2.64 bits per heavy atom. The average molecular weight is 304 g/mol. The van der Waals surface area contributed by atoms with Crippen LogP contribution in [0.5, 0.6) is 5.75 Å². The summed E-state index contributed by atoms with van der Waals surface area (Å²) in [6.45, 7) is 10.8. The highest BCUT2D eigenvalue weighted by Gasteiger charge is 2.30. The van der Waals surface area contributed by atoms with Crippen molar-refractivity contribution in [3.05, 3.63) is 29.8 Å². The Labute approximate surface area is 133 Å². The number of ether oxygens (including phenoxy) is 1. The molecule has 1 fully saturated rings. The molecule has 1 atom stereocenters. The van der Waals surface area contributed by atoms with Gasteiger partial charge in [0.15, 0.2) is 0 Å². The first kappa shape index (κ1) is 16.8. The van der Waals surface area contributed by atoms with E-state index in [1.807, 2.05) is 29.2 Å². The fraction of sp³-hybridized carbons (Fsp3) is 0.611. The van der Waals surface area contributed by atoms with E-state index in [0.717, 1.165) is 19.5 Å². The van der Waals surface area contributed by atoms with Crippen LogP contribution in [0.15, 0.2) is 24.3 Å². The van der Waals surface area contributed by atoms with E-state index in [2.05, 4.69) is 33.0 Å². The van der Waals surface area contributed by atoms with Crippen LogP contribution in [-0.4, -0.2) is 42.6 Å². The van der Waals surface area contributed by atoms with Crippen molar-refractivity contribution in [3.63, 3.8) is 0 Å². The van der Waals surface area contributed by atoms with Crippen LogP contribution in [0.4, 0.5) is 0 Å². The molecule has 4 heteroatoms. The SMILES string of the molecule is CC(C)COc1ccccc1C(=O)N(C(C)C)C1CCNC1. The van der Waals surface area contributed by atoms with Crippen LogP contribution in [0, 0.1) is 5.92 Å². The second-order valence-electron chi connectivity index (χ2n) is 6.65. The number of carbonyl (C=O) groups excluding carboxylic acids is 1. The molecular formula is C18H28N2O2.